The zero-order chi connectivity index (χ0) is 27.6. The van der Waals surface area contributed by atoms with Crippen LogP contribution >= 0.6 is 11.6 Å². The molecule has 3 amide bonds. The molecule has 0 aliphatic carbocycles. The van der Waals surface area contributed by atoms with Crippen molar-refractivity contribution in [3.05, 3.63) is 77.6 Å². The lowest BCUT2D eigenvalue weighted by Crippen LogP contribution is -2.45. The van der Waals surface area contributed by atoms with E-state index in [0.717, 1.165) is 10.4 Å². The van der Waals surface area contributed by atoms with Gasteiger partial charge < -0.3 is 20.6 Å². The smallest absolute Gasteiger partial charge is 0.322 e. The van der Waals surface area contributed by atoms with Crippen molar-refractivity contribution in [2.45, 2.75) is 23.5 Å². The van der Waals surface area contributed by atoms with Gasteiger partial charge in [-0.3, -0.25) is 4.79 Å². The Labute approximate surface area is 224 Å². The van der Waals surface area contributed by atoms with Crippen LogP contribution in [0.3, 0.4) is 0 Å². The summed E-state index contributed by atoms with van der Waals surface area (Å²) < 4.78 is 41.6. The molecule has 1 heterocycles. The number of aliphatic hydroxyl groups excluding tert-OH is 1. The third-order valence-corrected chi connectivity index (χ3v) is 8.25. The number of urea groups is 1. The van der Waals surface area contributed by atoms with E-state index in [9.17, 15) is 23.1 Å². The lowest BCUT2D eigenvalue weighted by Gasteiger charge is -2.24. The fourth-order valence-corrected chi connectivity index (χ4v) is 5.38. The summed E-state index contributed by atoms with van der Waals surface area (Å²) in [6.07, 6.45) is -0.945. The molecule has 200 valence electrons. The molecule has 2 atom stereocenters. The Morgan fingerprint density at radius 2 is 1.74 bits per heavy atom. The molecule has 3 aromatic carbocycles. The summed E-state index contributed by atoms with van der Waals surface area (Å²) in [5.41, 5.74) is 0.924. The fraction of sp³-hybridized carbons (Fsp3) is 0.231. The second-order valence-electron chi connectivity index (χ2n) is 8.96. The van der Waals surface area contributed by atoms with Crippen molar-refractivity contribution in [3.8, 4) is 11.1 Å². The lowest BCUT2D eigenvalue weighted by molar-refractivity contribution is -0.119. The summed E-state index contributed by atoms with van der Waals surface area (Å²) in [5, 5.41) is 15.8. The van der Waals surface area contributed by atoms with Gasteiger partial charge in [0.15, 0.2) is 0 Å². The zero-order valence-electron chi connectivity index (χ0n) is 20.6. The van der Waals surface area contributed by atoms with Gasteiger partial charge in [0, 0.05) is 43.3 Å². The number of rotatable bonds is 6. The Morgan fingerprint density at radius 3 is 2.39 bits per heavy atom. The van der Waals surface area contributed by atoms with Gasteiger partial charge in [-0.2, -0.15) is 0 Å². The number of carbonyl (C=O) groups excluding carboxylic acids is 2. The number of β-amino-alcohol motifs (C(OH)–C–C–N with tert-alkyl or cyclic N) is 1. The molecule has 3 aromatic rings. The summed E-state index contributed by atoms with van der Waals surface area (Å²) in [4.78, 5) is 27.0. The second-order valence-corrected chi connectivity index (χ2v) is 11.5. The molecule has 0 bridgehead atoms. The summed E-state index contributed by atoms with van der Waals surface area (Å²) in [7, 11) is -0.972. The Hall–Kier alpha value is -3.51. The van der Waals surface area contributed by atoms with Crippen LogP contribution in [-0.4, -0.2) is 67.5 Å². The number of likely N-dealkylation sites (tertiary alicyclic amines) is 1. The molecule has 1 aliphatic rings. The molecule has 9 nitrogen and oxygen atoms in total. The fourth-order valence-electron chi connectivity index (χ4n) is 4.14. The first-order chi connectivity index (χ1) is 18.0. The van der Waals surface area contributed by atoms with Crippen molar-refractivity contribution >= 4 is 44.9 Å². The average molecular weight is 561 g/mol. The van der Waals surface area contributed by atoms with E-state index >= 15 is 4.39 Å². The monoisotopic (exact) mass is 560 g/mol. The van der Waals surface area contributed by atoms with Crippen LogP contribution in [-0.2, 0) is 14.8 Å². The minimum Gasteiger partial charge on any atom is -0.391 e. The maximum absolute atomic E-state index is 15.1. The van der Waals surface area contributed by atoms with Gasteiger partial charge in [-0.05, 0) is 48.0 Å². The van der Waals surface area contributed by atoms with E-state index in [4.69, 9.17) is 11.6 Å². The van der Waals surface area contributed by atoms with Gasteiger partial charge in [-0.1, -0.05) is 35.9 Å². The van der Waals surface area contributed by atoms with E-state index in [1.54, 1.807) is 42.5 Å². The van der Waals surface area contributed by atoms with Crippen molar-refractivity contribution in [3.63, 3.8) is 0 Å². The highest BCUT2D eigenvalue weighted by Gasteiger charge is 2.39. The molecule has 0 radical (unpaired) electrons. The number of nitrogens with one attached hydrogen (secondary N) is 2. The van der Waals surface area contributed by atoms with E-state index in [1.807, 2.05) is 0 Å². The minimum atomic E-state index is -3.79. The molecular weight excluding hydrogens is 535 g/mol. The van der Waals surface area contributed by atoms with Crippen LogP contribution in [0.5, 0.6) is 0 Å². The molecule has 0 spiro atoms. The van der Waals surface area contributed by atoms with Crippen molar-refractivity contribution in [2.24, 2.45) is 0 Å². The maximum Gasteiger partial charge on any atom is 0.322 e. The number of carbonyl (C=O) groups is 2. The van der Waals surface area contributed by atoms with Crippen LogP contribution in [0.15, 0.2) is 71.6 Å². The number of benzene rings is 3. The molecular formula is C26H26ClFN4O5S. The SMILES string of the molecule is CN(C)S(=O)(=O)c1ccccc1-c1ccc(NC(=O)C2CC(O)CN2C(=O)Nc2ccc(Cl)cc2)c(F)c1. The molecule has 38 heavy (non-hydrogen) atoms. The largest absolute Gasteiger partial charge is 0.391 e. The first-order valence-corrected chi connectivity index (χ1v) is 13.4. The molecule has 1 fully saturated rings. The number of hydrogen-bond acceptors (Lipinski definition) is 5. The van der Waals surface area contributed by atoms with Crippen molar-refractivity contribution in [1.29, 1.82) is 0 Å². The standard InChI is InChI=1S/C26H26ClFN4O5S/c1-31(2)38(36,37)24-6-4-3-5-20(24)16-7-12-22(21(28)13-16)30-25(34)23-14-19(33)15-32(23)26(35)29-18-10-8-17(27)9-11-18/h3-13,19,23,33H,14-15H2,1-2H3,(H,29,35)(H,30,34). The van der Waals surface area contributed by atoms with E-state index in [2.05, 4.69) is 10.6 Å². The molecule has 0 aromatic heterocycles. The highest BCUT2D eigenvalue weighted by Crippen LogP contribution is 2.31. The highest BCUT2D eigenvalue weighted by atomic mass is 35.5. The molecule has 3 N–H and O–H groups in total. The zero-order valence-corrected chi connectivity index (χ0v) is 22.1. The normalized spacial score (nSPS) is 17.5. The van der Waals surface area contributed by atoms with Gasteiger partial charge in [-0.15, -0.1) is 0 Å². The first kappa shape index (κ1) is 27.5. The number of sulfonamides is 1. The van der Waals surface area contributed by atoms with Crippen molar-refractivity contribution in [2.75, 3.05) is 31.3 Å². The molecule has 4 rings (SSSR count). The van der Waals surface area contributed by atoms with Gasteiger partial charge >= 0.3 is 6.03 Å². The topological polar surface area (TPSA) is 119 Å². The first-order valence-electron chi connectivity index (χ1n) is 11.6. The van der Waals surface area contributed by atoms with Crippen LogP contribution in [0.4, 0.5) is 20.6 Å². The van der Waals surface area contributed by atoms with E-state index in [-0.39, 0.29) is 23.5 Å². The molecule has 2 unspecified atom stereocenters. The van der Waals surface area contributed by atoms with Crippen molar-refractivity contribution < 1.29 is 27.5 Å². The second kappa shape index (κ2) is 11.1. The summed E-state index contributed by atoms with van der Waals surface area (Å²) in [6, 6.07) is 14.9. The molecule has 1 saturated heterocycles. The van der Waals surface area contributed by atoms with Gasteiger partial charge in [-0.25, -0.2) is 21.9 Å². The third-order valence-electron chi connectivity index (χ3n) is 6.12. The number of aliphatic hydroxyl groups is 1. The Kier molecular flexibility index (Phi) is 8.02. The Morgan fingerprint density at radius 1 is 1.05 bits per heavy atom. The summed E-state index contributed by atoms with van der Waals surface area (Å²) >= 11 is 5.87. The predicted molar refractivity (Wildman–Crippen MR) is 143 cm³/mol. The molecule has 1 aliphatic heterocycles. The summed E-state index contributed by atoms with van der Waals surface area (Å²) in [5.74, 6) is -1.46. The number of halogens is 2. The highest BCUT2D eigenvalue weighted by molar-refractivity contribution is 7.89. The van der Waals surface area contributed by atoms with Gasteiger partial charge in [0.25, 0.3) is 0 Å². The van der Waals surface area contributed by atoms with E-state index in [0.29, 0.717) is 21.8 Å². The number of amides is 3. The number of anilines is 2. The van der Waals surface area contributed by atoms with Crippen LogP contribution in [0, 0.1) is 5.82 Å². The van der Waals surface area contributed by atoms with E-state index in [1.165, 1.54) is 37.2 Å². The molecule has 12 heteroatoms. The van der Waals surface area contributed by atoms with Crippen LogP contribution in [0.25, 0.3) is 11.1 Å². The van der Waals surface area contributed by atoms with Crippen LogP contribution in [0.2, 0.25) is 5.02 Å². The van der Waals surface area contributed by atoms with Crippen LogP contribution in [0.1, 0.15) is 6.42 Å². The van der Waals surface area contributed by atoms with Crippen molar-refractivity contribution in [1.82, 2.24) is 9.21 Å². The summed E-state index contributed by atoms with van der Waals surface area (Å²) in [6.45, 7) is -0.0734. The molecule has 0 saturated carbocycles. The minimum absolute atomic E-state index is 0.0171. The van der Waals surface area contributed by atoms with E-state index < -0.39 is 39.9 Å². The average Bonchev–Trinajstić information content (AvgIpc) is 3.28. The van der Waals surface area contributed by atoms with Gasteiger partial charge in [0.05, 0.1) is 16.7 Å². The van der Waals surface area contributed by atoms with Crippen LogP contribution < -0.4 is 10.6 Å². The third kappa shape index (κ3) is 5.81. The number of hydrogen-bond donors (Lipinski definition) is 3. The lowest BCUT2D eigenvalue weighted by atomic mass is 10.0. The Bertz CT molecular complexity index is 1470. The predicted octanol–water partition coefficient (Wildman–Crippen LogP) is 4.00. The van der Waals surface area contributed by atoms with Gasteiger partial charge in [0.2, 0.25) is 15.9 Å². The Balaban J connectivity index is 1.53. The number of nitrogens with zero attached hydrogens (tertiary/aromatic N) is 2. The van der Waals surface area contributed by atoms with Gasteiger partial charge in [0.1, 0.15) is 11.9 Å². The maximum atomic E-state index is 15.1. The quantitative estimate of drug-likeness (QED) is 0.421.